The maximum atomic E-state index is 12.8. The molecule has 0 spiro atoms. The number of hydrogen-bond donors (Lipinski definition) is 1. The Morgan fingerprint density at radius 2 is 1.92 bits per heavy atom. The van der Waals surface area contributed by atoms with Crippen molar-refractivity contribution in [3.8, 4) is 0 Å². The molecule has 1 aliphatic heterocycles. The monoisotopic (exact) mass is 359 g/mol. The highest BCUT2D eigenvalue weighted by atomic mass is 16.6. The van der Waals surface area contributed by atoms with Crippen LogP contribution < -0.4 is 0 Å². The summed E-state index contributed by atoms with van der Waals surface area (Å²) in [6.07, 6.45) is 2.42. The third-order valence-electron chi connectivity index (χ3n) is 3.82. The number of carboxylic acids is 1. The molecule has 0 aromatic heterocycles. The lowest BCUT2D eigenvalue weighted by molar-refractivity contribution is -0.131. The van der Waals surface area contributed by atoms with E-state index < -0.39 is 17.8 Å². The Kier molecular flexibility index (Phi) is 6.08. The summed E-state index contributed by atoms with van der Waals surface area (Å²) in [6, 6.07) is 9.42. The molecular formula is C20H25NO5. The number of aliphatic carboxylic acids is 1. The third-order valence-corrected chi connectivity index (χ3v) is 3.82. The van der Waals surface area contributed by atoms with Crippen molar-refractivity contribution in [1.82, 2.24) is 4.90 Å². The van der Waals surface area contributed by atoms with Crippen molar-refractivity contribution in [2.24, 2.45) is 5.92 Å². The van der Waals surface area contributed by atoms with Crippen molar-refractivity contribution < 1.29 is 24.2 Å². The number of hydrogen-bond acceptors (Lipinski definition) is 4. The van der Waals surface area contributed by atoms with Gasteiger partial charge in [0.05, 0.1) is 5.70 Å². The average molecular weight is 359 g/mol. The molecule has 1 N–H and O–H groups in total. The van der Waals surface area contributed by atoms with Gasteiger partial charge in [0.25, 0.3) is 0 Å². The Morgan fingerprint density at radius 1 is 1.27 bits per heavy atom. The van der Waals surface area contributed by atoms with Crippen molar-refractivity contribution >= 4 is 12.1 Å². The van der Waals surface area contributed by atoms with Crippen LogP contribution in [0.2, 0.25) is 0 Å². The van der Waals surface area contributed by atoms with Crippen molar-refractivity contribution in [2.45, 2.75) is 46.4 Å². The predicted molar refractivity (Wildman–Crippen MR) is 96.9 cm³/mol. The van der Waals surface area contributed by atoms with E-state index in [0.29, 0.717) is 17.9 Å². The van der Waals surface area contributed by atoms with Crippen molar-refractivity contribution in [3.05, 3.63) is 59.5 Å². The Morgan fingerprint density at radius 3 is 2.50 bits per heavy atom. The molecule has 140 valence electrons. The third kappa shape index (κ3) is 4.88. The molecule has 1 aliphatic rings. The first-order chi connectivity index (χ1) is 12.2. The lowest BCUT2D eigenvalue weighted by Gasteiger charge is -2.31. The minimum absolute atomic E-state index is 0.154. The van der Waals surface area contributed by atoms with Gasteiger partial charge in [0.1, 0.15) is 12.4 Å². The van der Waals surface area contributed by atoms with Gasteiger partial charge in [-0.3, -0.25) is 0 Å². The maximum Gasteiger partial charge on any atom is 0.417 e. The number of amides is 1. The SMILES string of the molecule is CC(C)CC1=C(/C=C/C(=O)O)OC(C)(C)N1C(=O)OCc1ccccc1. The molecule has 0 atom stereocenters. The summed E-state index contributed by atoms with van der Waals surface area (Å²) in [5.41, 5.74) is 0.551. The highest BCUT2D eigenvalue weighted by molar-refractivity contribution is 5.80. The zero-order chi connectivity index (χ0) is 19.3. The van der Waals surface area contributed by atoms with Gasteiger partial charge in [-0.1, -0.05) is 44.2 Å². The van der Waals surface area contributed by atoms with Crippen LogP contribution in [-0.4, -0.2) is 27.8 Å². The molecule has 0 unspecified atom stereocenters. The summed E-state index contributed by atoms with van der Waals surface area (Å²) in [5, 5.41) is 8.89. The number of nitrogens with zero attached hydrogens (tertiary/aromatic N) is 1. The molecule has 2 rings (SSSR count). The van der Waals surface area contributed by atoms with Gasteiger partial charge >= 0.3 is 12.1 Å². The quantitative estimate of drug-likeness (QED) is 0.767. The molecule has 6 nitrogen and oxygen atoms in total. The van der Waals surface area contributed by atoms with E-state index in [1.165, 1.54) is 11.0 Å². The fraction of sp³-hybridized carbons (Fsp3) is 0.400. The number of ether oxygens (including phenoxy) is 2. The first-order valence-electron chi connectivity index (χ1n) is 8.55. The lowest BCUT2D eigenvalue weighted by atomic mass is 10.1. The molecular weight excluding hydrogens is 334 g/mol. The fourth-order valence-electron chi connectivity index (χ4n) is 2.78. The van der Waals surface area contributed by atoms with Gasteiger partial charge in [0, 0.05) is 6.08 Å². The van der Waals surface area contributed by atoms with Crippen molar-refractivity contribution in [1.29, 1.82) is 0 Å². The maximum absolute atomic E-state index is 12.8. The summed E-state index contributed by atoms with van der Waals surface area (Å²) in [4.78, 5) is 25.1. The van der Waals surface area contributed by atoms with E-state index in [1.54, 1.807) is 13.8 Å². The van der Waals surface area contributed by atoms with E-state index in [9.17, 15) is 9.59 Å². The number of allylic oxidation sites excluding steroid dienone is 2. The highest BCUT2D eigenvalue weighted by Gasteiger charge is 2.44. The second kappa shape index (κ2) is 8.08. The van der Waals surface area contributed by atoms with Gasteiger partial charge in [-0.2, -0.15) is 0 Å². The molecule has 0 fully saturated rings. The van der Waals surface area contributed by atoms with E-state index in [4.69, 9.17) is 14.6 Å². The topological polar surface area (TPSA) is 76.1 Å². The minimum Gasteiger partial charge on any atom is -0.478 e. The van der Waals surface area contributed by atoms with Crippen LogP contribution in [-0.2, 0) is 20.9 Å². The average Bonchev–Trinajstić information content (AvgIpc) is 2.81. The van der Waals surface area contributed by atoms with Crippen LogP contribution >= 0.6 is 0 Å². The molecule has 0 saturated heterocycles. The summed E-state index contributed by atoms with van der Waals surface area (Å²) >= 11 is 0. The number of rotatable bonds is 6. The van der Waals surface area contributed by atoms with E-state index in [0.717, 1.165) is 11.6 Å². The molecule has 0 bridgehead atoms. The van der Waals surface area contributed by atoms with Gasteiger partial charge in [-0.05, 0) is 37.8 Å². The van der Waals surface area contributed by atoms with Gasteiger partial charge in [0.15, 0.2) is 5.72 Å². The largest absolute Gasteiger partial charge is 0.478 e. The summed E-state index contributed by atoms with van der Waals surface area (Å²) in [6.45, 7) is 7.69. The Balaban J connectivity index is 2.25. The van der Waals surface area contributed by atoms with Crippen LogP contribution in [0.25, 0.3) is 0 Å². The van der Waals surface area contributed by atoms with Crippen LogP contribution in [0.3, 0.4) is 0 Å². The molecule has 1 aromatic rings. The second-order valence-corrected chi connectivity index (χ2v) is 7.00. The normalized spacial score (nSPS) is 16.3. The van der Waals surface area contributed by atoms with Crippen LogP contribution in [0, 0.1) is 5.92 Å². The van der Waals surface area contributed by atoms with Crippen LogP contribution in [0.1, 0.15) is 39.7 Å². The summed E-state index contributed by atoms with van der Waals surface area (Å²) < 4.78 is 11.3. The molecule has 6 heteroatoms. The van der Waals surface area contributed by atoms with E-state index in [1.807, 2.05) is 44.2 Å². The van der Waals surface area contributed by atoms with Crippen molar-refractivity contribution in [2.75, 3.05) is 0 Å². The molecule has 1 amide bonds. The Hall–Kier alpha value is -2.76. The number of carbonyl (C=O) groups excluding carboxylic acids is 1. The Labute approximate surface area is 153 Å². The fourth-order valence-corrected chi connectivity index (χ4v) is 2.78. The molecule has 1 heterocycles. The van der Waals surface area contributed by atoms with Gasteiger partial charge in [0.2, 0.25) is 0 Å². The molecule has 26 heavy (non-hydrogen) atoms. The second-order valence-electron chi connectivity index (χ2n) is 7.00. The molecule has 0 radical (unpaired) electrons. The van der Waals surface area contributed by atoms with Gasteiger partial charge < -0.3 is 14.6 Å². The standard InChI is InChI=1S/C20H25NO5/c1-14(2)12-16-17(10-11-18(22)23)26-20(3,4)21(16)19(24)25-13-15-8-6-5-7-9-15/h5-11,14H,12-13H2,1-4H3,(H,22,23)/b11-10+. The van der Waals surface area contributed by atoms with E-state index in [2.05, 4.69) is 0 Å². The first kappa shape index (κ1) is 19.6. The lowest BCUT2D eigenvalue weighted by Crippen LogP contribution is -2.44. The first-order valence-corrected chi connectivity index (χ1v) is 8.55. The predicted octanol–water partition coefficient (Wildman–Crippen LogP) is 4.29. The molecule has 0 saturated carbocycles. The Bertz CT molecular complexity index is 719. The van der Waals surface area contributed by atoms with E-state index >= 15 is 0 Å². The van der Waals surface area contributed by atoms with Crippen molar-refractivity contribution in [3.63, 3.8) is 0 Å². The van der Waals surface area contributed by atoms with Crippen LogP contribution in [0.4, 0.5) is 4.79 Å². The minimum atomic E-state index is -1.08. The molecule has 0 aliphatic carbocycles. The highest BCUT2D eigenvalue weighted by Crippen LogP contribution is 2.38. The van der Waals surface area contributed by atoms with Gasteiger partial charge in [-0.15, -0.1) is 0 Å². The number of carbonyl (C=O) groups is 2. The number of carboxylic acid groups (broad SMARTS) is 1. The van der Waals surface area contributed by atoms with Crippen LogP contribution in [0.15, 0.2) is 53.9 Å². The summed E-state index contributed by atoms with van der Waals surface area (Å²) in [5.74, 6) is -0.448. The zero-order valence-electron chi connectivity index (χ0n) is 15.6. The summed E-state index contributed by atoms with van der Waals surface area (Å²) in [7, 11) is 0. The smallest absolute Gasteiger partial charge is 0.417 e. The zero-order valence-corrected chi connectivity index (χ0v) is 15.6. The number of benzene rings is 1. The molecule has 1 aromatic carbocycles. The van der Waals surface area contributed by atoms with Gasteiger partial charge in [-0.25, -0.2) is 14.5 Å². The van der Waals surface area contributed by atoms with Crippen LogP contribution in [0.5, 0.6) is 0 Å². The van der Waals surface area contributed by atoms with E-state index in [-0.39, 0.29) is 12.5 Å².